The van der Waals surface area contributed by atoms with Crippen LogP contribution in [0.4, 0.5) is 0 Å². The van der Waals surface area contributed by atoms with Crippen molar-refractivity contribution in [2.75, 3.05) is 6.54 Å². The summed E-state index contributed by atoms with van der Waals surface area (Å²) in [4.78, 5) is 10.2. The Kier molecular flexibility index (Phi) is 7.54. The molecular weight excluding hydrogens is 283 g/mol. The third-order valence-electron chi connectivity index (χ3n) is 1.95. The van der Waals surface area contributed by atoms with E-state index in [2.05, 4.69) is 0 Å². The lowest BCUT2D eigenvalue weighted by Gasteiger charge is -2.16. The van der Waals surface area contributed by atoms with E-state index >= 15 is 0 Å². The molecule has 2 unspecified atom stereocenters. The van der Waals surface area contributed by atoms with Crippen LogP contribution in [0.15, 0.2) is 24.3 Å². The van der Waals surface area contributed by atoms with Crippen molar-refractivity contribution < 1.29 is 4.92 Å². The summed E-state index contributed by atoms with van der Waals surface area (Å²) in [7, 11) is 0. The van der Waals surface area contributed by atoms with Crippen LogP contribution in [0.25, 0.3) is 0 Å². The molecule has 2 atom stereocenters. The average Bonchev–Trinajstić information content (AvgIpc) is 2.15. The Bertz CT molecular complexity index is 377. The van der Waals surface area contributed by atoms with Gasteiger partial charge in [-0.05, 0) is 18.6 Å². The zero-order chi connectivity index (χ0) is 12.1. The van der Waals surface area contributed by atoms with Gasteiger partial charge in [-0.1, -0.05) is 29.8 Å². The van der Waals surface area contributed by atoms with Crippen LogP contribution in [0, 0.1) is 10.1 Å². The summed E-state index contributed by atoms with van der Waals surface area (Å²) in [5.41, 5.74) is 6.42. The van der Waals surface area contributed by atoms with Crippen molar-refractivity contribution in [2.24, 2.45) is 5.73 Å². The molecule has 0 amide bonds. The maximum absolute atomic E-state index is 10.6. The highest BCUT2D eigenvalue weighted by Crippen LogP contribution is 2.34. The van der Waals surface area contributed by atoms with Gasteiger partial charge in [0.25, 0.3) is 0 Å². The van der Waals surface area contributed by atoms with E-state index in [1.165, 1.54) is 11.8 Å². The van der Waals surface area contributed by atoms with E-state index in [4.69, 9.17) is 17.3 Å². The van der Waals surface area contributed by atoms with Crippen LogP contribution in [0.1, 0.15) is 17.7 Å². The highest BCUT2D eigenvalue weighted by molar-refractivity contribution is 8.00. The second-order valence-corrected chi connectivity index (χ2v) is 5.36. The van der Waals surface area contributed by atoms with Gasteiger partial charge in [0.05, 0.1) is 5.25 Å². The van der Waals surface area contributed by atoms with Crippen LogP contribution in [0.3, 0.4) is 0 Å². The number of rotatable bonds is 5. The van der Waals surface area contributed by atoms with Gasteiger partial charge < -0.3 is 5.73 Å². The average molecular weight is 297 g/mol. The highest BCUT2D eigenvalue weighted by Gasteiger charge is 2.21. The molecule has 0 aliphatic rings. The third-order valence-corrected chi connectivity index (χ3v) is 3.45. The minimum absolute atomic E-state index is 0. The Hall–Kier alpha value is -0.490. The topological polar surface area (TPSA) is 69.2 Å². The maximum atomic E-state index is 10.6. The molecule has 2 N–H and O–H groups in total. The van der Waals surface area contributed by atoms with Crippen molar-refractivity contribution in [3.8, 4) is 0 Å². The maximum Gasteiger partial charge on any atom is 0.219 e. The molecule has 7 heteroatoms. The molecule has 0 heterocycles. The zero-order valence-electron chi connectivity index (χ0n) is 9.21. The van der Waals surface area contributed by atoms with Gasteiger partial charge in [-0.2, -0.15) is 0 Å². The lowest BCUT2D eigenvalue weighted by atomic mass is 10.1. The van der Waals surface area contributed by atoms with Crippen molar-refractivity contribution in [2.45, 2.75) is 17.5 Å². The molecule has 17 heavy (non-hydrogen) atoms. The van der Waals surface area contributed by atoms with E-state index in [0.717, 1.165) is 5.56 Å². The number of hydrogen-bond acceptors (Lipinski definition) is 4. The quantitative estimate of drug-likeness (QED) is 0.515. The summed E-state index contributed by atoms with van der Waals surface area (Å²) in [5, 5.41) is 10.7. The molecule has 1 rings (SSSR count). The molecule has 0 fully saturated rings. The molecule has 0 aromatic heterocycles. The Labute approximate surface area is 115 Å². The summed E-state index contributed by atoms with van der Waals surface area (Å²) < 4.78 is 0. The van der Waals surface area contributed by atoms with Crippen molar-refractivity contribution in [1.29, 1.82) is 0 Å². The van der Waals surface area contributed by atoms with Gasteiger partial charge in [0, 0.05) is 15.3 Å². The van der Waals surface area contributed by atoms with Gasteiger partial charge in [0.1, 0.15) is 0 Å². The summed E-state index contributed by atoms with van der Waals surface area (Å²) >= 11 is 7.36. The van der Waals surface area contributed by atoms with Crippen LogP contribution in [-0.4, -0.2) is 16.8 Å². The molecule has 0 aliphatic heterocycles. The monoisotopic (exact) mass is 296 g/mol. The first-order valence-corrected chi connectivity index (χ1v) is 6.10. The van der Waals surface area contributed by atoms with Crippen LogP contribution in [0.5, 0.6) is 0 Å². The number of nitro groups is 1. The van der Waals surface area contributed by atoms with Gasteiger partial charge in [-0.3, -0.25) is 10.1 Å². The molecule has 1 aromatic rings. The largest absolute Gasteiger partial charge is 0.320 e. The molecule has 0 saturated heterocycles. The highest BCUT2D eigenvalue weighted by atomic mass is 35.5. The van der Waals surface area contributed by atoms with E-state index < -0.39 is 0 Å². The first kappa shape index (κ1) is 16.5. The predicted molar refractivity (Wildman–Crippen MR) is 74.5 cm³/mol. The molecule has 1 aromatic carbocycles. The SMILES string of the molecule is CC(N)SC(C[N+](=O)[O-])c1ccccc1Cl.Cl. The number of nitrogens with two attached hydrogens (primary N) is 1. The minimum atomic E-state index is -0.344. The molecule has 0 spiro atoms. The summed E-state index contributed by atoms with van der Waals surface area (Å²) in [6.45, 7) is 1.63. The van der Waals surface area contributed by atoms with E-state index in [0.29, 0.717) is 5.02 Å². The lowest BCUT2D eigenvalue weighted by Crippen LogP contribution is -2.17. The molecule has 0 bridgehead atoms. The second kappa shape index (κ2) is 7.76. The smallest absolute Gasteiger partial charge is 0.219 e. The van der Waals surface area contributed by atoms with Crippen LogP contribution >= 0.6 is 35.8 Å². The number of benzene rings is 1. The molecule has 4 nitrogen and oxygen atoms in total. The summed E-state index contributed by atoms with van der Waals surface area (Å²) in [6.07, 6.45) is 0. The zero-order valence-corrected chi connectivity index (χ0v) is 11.6. The Morgan fingerprint density at radius 1 is 1.53 bits per heavy atom. The summed E-state index contributed by atoms with van der Waals surface area (Å²) in [5.74, 6) is 0. The Morgan fingerprint density at radius 3 is 2.59 bits per heavy atom. The number of thioether (sulfide) groups is 1. The fraction of sp³-hybridized carbons (Fsp3) is 0.400. The minimum Gasteiger partial charge on any atom is -0.320 e. The van der Waals surface area contributed by atoms with Gasteiger partial charge in [-0.25, -0.2) is 0 Å². The number of halogens is 2. The summed E-state index contributed by atoms with van der Waals surface area (Å²) in [6, 6.07) is 7.14. The van der Waals surface area contributed by atoms with E-state index in [1.807, 2.05) is 6.07 Å². The fourth-order valence-electron chi connectivity index (χ4n) is 1.35. The fourth-order valence-corrected chi connectivity index (χ4v) is 2.76. The molecule has 0 saturated carbocycles. The predicted octanol–water partition coefficient (Wildman–Crippen LogP) is 3.12. The van der Waals surface area contributed by atoms with E-state index in [1.54, 1.807) is 25.1 Å². The first-order chi connectivity index (χ1) is 7.50. The molecular formula is C10H14Cl2N2O2S. The molecule has 0 aliphatic carbocycles. The van der Waals surface area contributed by atoms with Crippen molar-refractivity contribution in [3.05, 3.63) is 45.0 Å². The van der Waals surface area contributed by atoms with Gasteiger partial charge in [0.2, 0.25) is 6.54 Å². The standard InChI is InChI=1S/C10H13ClN2O2S.ClH/c1-7(12)16-10(6-13(14)15)8-4-2-3-5-9(8)11;/h2-5,7,10H,6,12H2,1H3;1H. The van der Waals surface area contributed by atoms with Gasteiger partial charge in [-0.15, -0.1) is 24.2 Å². The van der Waals surface area contributed by atoms with Crippen LogP contribution in [0.2, 0.25) is 5.02 Å². The number of nitrogens with zero attached hydrogens (tertiary/aromatic N) is 1. The first-order valence-electron chi connectivity index (χ1n) is 4.78. The van der Waals surface area contributed by atoms with Gasteiger partial charge in [0.15, 0.2) is 0 Å². The molecule has 0 radical (unpaired) electrons. The lowest BCUT2D eigenvalue weighted by molar-refractivity contribution is -0.479. The van der Waals surface area contributed by atoms with E-state index in [-0.39, 0.29) is 34.5 Å². The Morgan fingerprint density at radius 2 is 2.12 bits per heavy atom. The molecule has 96 valence electrons. The van der Waals surface area contributed by atoms with Crippen molar-refractivity contribution >= 4 is 35.8 Å². The Balaban J connectivity index is 0.00000256. The number of hydrogen-bond donors (Lipinski definition) is 1. The normalized spacial score (nSPS) is 13.6. The van der Waals surface area contributed by atoms with Gasteiger partial charge >= 0.3 is 0 Å². The van der Waals surface area contributed by atoms with Crippen LogP contribution < -0.4 is 5.73 Å². The van der Waals surface area contributed by atoms with Crippen molar-refractivity contribution in [3.63, 3.8) is 0 Å². The second-order valence-electron chi connectivity index (χ2n) is 3.37. The van der Waals surface area contributed by atoms with E-state index in [9.17, 15) is 10.1 Å². The van der Waals surface area contributed by atoms with Crippen LogP contribution in [-0.2, 0) is 0 Å². The van der Waals surface area contributed by atoms with Crippen molar-refractivity contribution in [1.82, 2.24) is 0 Å². The third kappa shape index (κ3) is 5.59.